The summed E-state index contributed by atoms with van der Waals surface area (Å²) in [5, 5.41) is 19.8. The van der Waals surface area contributed by atoms with Crippen LogP contribution in [0.3, 0.4) is 0 Å². The van der Waals surface area contributed by atoms with Gasteiger partial charge in [0.1, 0.15) is 0 Å². The molecule has 1 rings (SSSR count). The van der Waals surface area contributed by atoms with E-state index in [1.807, 2.05) is 20.8 Å². The van der Waals surface area contributed by atoms with E-state index in [1.54, 1.807) is 13.8 Å². The van der Waals surface area contributed by atoms with Crippen molar-refractivity contribution >= 4 is 24.7 Å². The van der Waals surface area contributed by atoms with Gasteiger partial charge in [-0.1, -0.05) is 40.5 Å². The van der Waals surface area contributed by atoms with Crippen LogP contribution in [0, 0.1) is 0 Å². The van der Waals surface area contributed by atoms with Crippen molar-refractivity contribution in [1.29, 1.82) is 0 Å². The van der Waals surface area contributed by atoms with Crippen LogP contribution in [0.4, 0.5) is 0 Å². The van der Waals surface area contributed by atoms with Gasteiger partial charge in [0, 0.05) is 0 Å². The number of nitrogens with two attached hydrogens (primary N) is 1. The van der Waals surface area contributed by atoms with Crippen LogP contribution < -0.4 is 19.5 Å². The van der Waals surface area contributed by atoms with E-state index in [4.69, 9.17) is 5.73 Å². The van der Waals surface area contributed by atoms with E-state index in [-0.39, 0.29) is 39.4 Å². The molecule has 2 N–H and O–H groups in total. The molecule has 1 aromatic rings. The molecule has 1 aromatic carbocycles. The van der Waals surface area contributed by atoms with Gasteiger partial charge in [0.2, 0.25) is 0 Å². The van der Waals surface area contributed by atoms with Crippen molar-refractivity contribution < 1.29 is 10.2 Å². The SMILES string of the molecule is CCC(C)[O-].CCC(C)[O-].[CH3][Sn+2][c]1ccccc1C(C)N. The Morgan fingerprint density at radius 3 is 1.62 bits per heavy atom. The maximum absolute atomic E-state index is 9.90. The van der Waals surface area contributed by atoms with E-state index < -0.39 is 0 Å². The second kappa shape index (κ2) is 14.8. The van der Waals surface area contributed by atoms with Crippen molar-refractivity contribution in [2.75, 3.05) is 0 Å². The van der Waals surface area contributed by atoms with Crippen molar-refractivity contribution in [3.05, 3.63) is 29.8 Å². The summed E-state index contributed by atoms with van der Waals surface area (Å²) >= 11 is -0.313. The summed E-state index contributed by atoms with van der Waals surface area (Å²) in [6, 6.07) is 8.73. The van der Waals surface area contributed by atoms with Crippen LogP contribution in [0.1, 0.15) is 59.1 Å². The monoisotopic (exact) mass is 401 g/mol. The van der Waals surface area contributed by atoms with E-state index in [0.717, 1.165) is 12.8 Å². The molecule has 0 radical (unpaired) electrons. The van der Waals surface area contributed by atoms with Crippen LogP contribution in [0.15, 0.2) is 24.3 Å². The molecule has 0 aromatic heterocycles. The first-order valence-electron chi connectivity index (χ1n) is 7.63. The molecule has 0 aliphatic carbocycles. The molecule has 0 saturated carbocycles. The maximum atomic E-state index is 9.90. The van der Waals surface area contributed by atoms with Gasteiger partial charge in [-0.15, -0.1) is 12.2 Å². The van der Waals surface area contributed by atoms with Crippen molar-refractivity contribution in [2.24, 2.45) is 5.73 Å². The summed E-state index contributed by atoms with van der Waals surface area (Å²) in [5.41, 5.74) is 7.17. The van der Waals surface area contributed by atoms with Crippen LogP contribution in [-0.4, -0.2) is 33.4 Å². The first-order chi connectivity index (χ1) is 9.79. The second-order valence-electron chi connectivity index (χ2n) is 5.06. The van der Waals surface area contributed by atoms with Gasteiger partial charge < -0.3 is 10.2 Å². The number of hydrogen-bond donors (Lipinski definition) is 1. The average Bonchev–Trinajstić information content (AvgIpc) is 2.48. The number of benzene rings is 1. The third-order valence-electron chi connectivity index (χ3n) is 2.87. The third kappa shape index (κ3) is 14.6. The predicted octanol–water partition coefficient (Wildman–Crippen LogP) is 1.37. The predicted molar refractivity (Wildman–Crippen MR) is 89.8 cm³/mol. The van der Waals surface area contributed by atoms with E-state index in [9.17, 15) is 10.2 Å². The van der Waals surface area contributed by atoms with Crippen LogP contribution in [-0.2, 0) is 0 Å². The fourth-order valence-electron chi connectivity index (χ4n) is 1.12. The molecule has 0 heterocycles. The van der Waals surface area contributed by atoms with Gasteiger partial charge in [-0.2, -0.15) is 0 Å². The fourth-order valence-corrected chi connectivity index (χ4v) is 3.58. The van der Waals surface area contributed by atoms with Gasteiger partial charge >= 0.3 is 78.2 Å². The number of rotatable bonds is 4. The summed E-state index contributed by atoms with van der Waals surface area (Å²) in [5.74, 6) is 0. The summed E-state index contributed by atoms with van der Waals surface area (Å²) in [4.78, 5) is 2.32. The zero-order chi connectivity index (χ0) is 16.8. The Bertz CT molecular complexity index is 333. The minimum absolute atomic E-state index is 0.201. The standard InChI is InChI=1S/C8H10N.2C4H9O.CH3.Sn/c1-7(9)8-5-3-2-4-6-8;2*1-3-4(2)5;;/h2-5,7H,9H2,1H3;2*4H,3H2,1-2H3;1H3;/q;2*-1;;+2. The summed E-state index contributed by atoms with van der Waals surface area (Å²) in [6.07, 6.45) is 0.769. The first kappa shape index (κ1) is 23.2. The van der Waals surface area contributed by atoms with E-state index in [2.05, 4.69) is 29.2 Å². The molecule has 0 spiro atoms. The Hall–Kier alpha value is -0.101. The molecule has 0 saturated heterocycles. The molecule has 21 heavy (non-hydrogen) atoms. The van der Waals surface area contributed by atoms with Crippen LogP contribution >= 0.6 is 0 Å². The summed E-state index contributed by atoms with van der Waals surface area (Å²) in [6.45, 7) is 9.16. The van der Waals surface area contributed by atoms with Gasteiger partial charge in [-0.25, -0.2) is 0 Å². The molecule has 120 valence electrons. The molecule has 3 nitrogen and oxygen atoms in total. The van der Waals surface area contributed by atoms with Gasteiger partial charge in [0.15, 0.2) is 0 Å². The Kier molecular flexibility index (Phi) is 16.4. The summed E-state index contributed by atoms with van der Waals surface area (Å²) < 4.78 is 1.53. The Labute approximate surface area is 141 Å². The van der Waals surface area contributed by atoms with Crippen LogP contribution in [0.5, 0.6) is 0 Å². The van der Waals surface area contributed by atoms with Crippen LogP contribution in [0.25, 0.3) is 0 Å². The van der Waals surface area contributed by atoms with E-state index in [1.165, 1.54) is 9.14 Å². The number of hydrogen-bond acceptors (Lipinski definition) is 3. The van der Waals surface area contributed by atoms with Gasteiger partial charge in [0.25, 0.3) is 0 Å². The molecule has 3 unspecified atom stereocenters. The normalized spacial score (nSPS) is 13.6. The molecular weight excluding hydrogens is 369 g/mol. The topological polar surface area (TPSA) is 72.1 Å². The van der Waals surface area contributed by atoms with Gasteiger partial charge in [0.05, 0.1) is 0 Å². The van der Waals surface area contributed by atoms with Gasteiger partial charge in [-0.3, -0.25) is 0 Å². The molecule has 0 fully saturated rings. The molecular formula is C17H31NO2Sn. The average molecular weight is 400 g/mol. The van der Waals surface area contributed by atoms with E-state index in [0.29, 0.717) is 0 Å². The summed E-state index contributed by atoms with van der Waals surface area (Å²) in [7, 11) is 0. The second-order valence-corrected chi connectivity index (χ2v) is 8.03. The van der Waals surface area contributed by atoms with Crippen LogP contribution in [0.2, 0.25) is 4.94 Å². The zero-order valence-corrected chi connectivity index (χ0v) is 17.2. The fraction of sp³-hybridized carbons (Fsp3) is 0.647. The Balaban J connectivity index is 0. The van der Waals surface area contributed by atoms with Gasteiger partial charge in [-0.05, 0) is 0 Å². The molecule has 0 aliphatic heterocycles. The Morgan fingerprint density at radius 1 is 1.00 bits per heavy atom. The first-order valence-corrected chi connectivity index (χ1v) is 11.9. The van der Waals surface area contributed by atoms with Crippen molar-refractivity contribution in [2.45, 2.75) is 70.6 Å². The third-order valence-corrected chi connectivity index (χ3v) is 5.71. The molecule has 0 bridgehead atoms. The molecule has 0 aliphatic rings. The molecule has 0 amide bonds. The van der Waals surface area contributed by atoms with E-state index >= 15 is 0 Å². The van der Waals surface area contributed by atoms with Crippen molar-refractivity contribution in [3.63, 3.8) is 0 Å². The molecule has 3 atom stereocenters. The van der Waals surface area contributed by atoms with Crippen molar-refractivity contribution in [1.82, 2.24) is 0 Å². The van der Waals surface area contributed by atoms with Crippen molar-refractivity contribution in [3.8, 4) is 0 Å². The zero-order valence-electron chi connectivity index (χ0n) is 14.3. The quantitative estimate of drug-likeness (QED) is 0.777. The Morgan fingerprint density at radius 2 is 1.38 bits per heavy atom. The minimum atomic E-state index is -0.366. The molecule has 4 heteroatoms.